The minimum absolute atomic E-state index is 0.0212. The highest BCUT2D eigenvalue weighted by molar-refractivity contribution is 7.89. The molecule has 0 saturated carbocycles. The lowest BCUT2D eigenvalue weighted by molar-refractivity contribution is 0.563. The maximum absolute atomic E-state index is 12.6. The molecule has 30 heavy (non-hydrogen) atoms. The zero-order chi connectivity index (χ0) is 21.4. The molecule has 1 saturated heterocycles. The number of aromatic nitrogens is 4. The molecule has 0 unspecified atom stereocenters. The Hall–Kier alpha value is -2.52. The third kappa shape index (κ3) is 4.17. The second kappa shape index (κ2) is 7.96. The fourth-order valence-corrected chi connectivity index (χ4v) is 4.75. The molecular weight excluding hydrogens is 400 g/mol. The molecule has 9 heteroatoms. The minimum atomic E-state index is -3.58. The Morgan fingerprint density at radius 2 is 1.77 bits per heavy atom. The van der Waals surface area contributed by atoms with E-state index in [0.29, 0.717) is 6.54 Å². The van der Waals surface area contributed by atoms with Gasteiger partial charge in [0.25, 0.3) is 0 Å². The maximum Gasteiger partial charge on any atom is 0.240 e. The number of nitrogens with one attached hydrogen (secondary N) is 1. The lowest BCUT2D eigenvalue weighted by Crippen LogP contribution is -2.28. The standard InChI is InChI=1S/C21H28N6O2S/c1-21(2,3)16-6-8-17(9-7-16)30(28,29)25-10-13-27-20-18(14-24-27)19(22-15-23-20)26-11-4-5-12-26/h6-9,14-15,25H,4-5,10-13H2,1-3H3. The van der Waals surface area contributed by atoms with Crippen LogP contribution in [0.3, 0.4) is 0 Å². The van der Waals surface area contributed by atoms with E-state index in [-0.39, 0.29) is 16.9 Å². The van der Waals surface area contributed by atoms with Gasteiger partial charge in [0.2, 0.25) is 10.0 Å². The second-order valence-electron chi connectivity index (χ2n) is 8.67. The summed E-state index contributed by atoms with van der Waals surface area (Å²) in [4.78, 5) is 11.3. The topological polar surface area (TPSA) is 93.0 Å². The van der Waals surface area contributed by atoms with Crippen LogP contribution < -0.4 is 9.62 Å². The predicted molar refractivity (Wildman–Crippen MR) is 117 cm³/mol. The van der Waals surface area contributed by atoms with Crippen molar-refractivity contribution in [3.63, 3.8) is 0 Å². The van der Waals surface area contributed by atoms with Crippen molar-refractivity contribution >= 4 is 26.9 Å². The SMILES string of the molecule is CC(C)(C)c1ccc(S(=O)(=O)NCCn2ncc3c(N4CCCC4)ncnc32)cc1. The summed E-state index contributed by atoms with van der Waals surface area (Å²) in [6, 6.07) is 7.04. The Labute approximate surface area is 177 Å². The Bertz CT molecular complexity index is 1130. The minimum Gasteiger partial charge on any atom is -0.356 e. The average molecular weight is 429 g/mol. The number of benzene rings is 1. The summed E-state index contributed by atoms with van der Waals surface area (Å²) in [5.74, 6) is 0.906. The first-order valence-corrected chi connectivity index (χ1v) is 11.8. The molecule has 160 valence electrons. The molecule has 1 aliphatic rings. The normalized spacial score (nSPS) is 15.2. The molecule has 0 spiro atoms. The van der Waals surface area contributed by atoms with Crippen LogP contribution in [0.1, 0.15) is 39.2 Å². The molecule has 3 aromatic rings. The molecule has 2 aromatic heterocycles. The molecule has 1 N–H and O–H groups in total. The maximum atomic E-state index is 12.6. The smallest absolute Gasteiger partial charge is 0.240 e. The van der Waals surface area contributed by atoms with Gasteiger partial charge in [0, 0.05) is 19.6 Å². The highest BCUT2D eigenvalue weighted by Gasteiger charge is 2.20. The summed E-state index contributed by atoms with van der Waals surface area (Å²) in [5, 5.41) is 5.31. The summed E-state index contributed by atoms with van der Waals surface area (Å²) >= 11 is 0. The fraction of sp³-hybridized carbons (Fsp3) is 0.476. The summed E-state index contributed by atoms with van der Waals surface area (Å²) in [5.41, 5.74) is 1.80. The van der Waals surface area contributed by atoms with Crippen LogP contribution in [0.5, 0.6) is 0 Å². The van der Waals surface area contributed by atoms with Gasteiger partial charge in [-0.1, -0.05) is 32.9 Å². The molecule has 4 rings (SSSR count). The highest BCUT2D eigenvalue weighted by Crippen LogP contribution is 2.26. The van der Waals surface area contributed by atoms with Crippen LogP contribution in [-0.2, 0) is 22.0 Å². The summed E-state index contributed by atoms with van der Waals surface area (Å²) in [6.07, 6.45) is 5.65. The van der Waals surface area contributed by atoms with Gasteiger partial charge in [-0.05, 0) is 36.0 Å². The summed E-state index contributed by atoms with van der Waals surface area (Å²) in [6.45, 7) is 8.89. The van der Waals surface area contributed by atoms with E-state index in [1.165, 1.54) is 0 Å². The summed E-state index contributed by atoms with van der Waals surface area (Å²) in [7, 11) is -3.58. The molecule has 0 amide bonds. The molecule has 0 atom stereocenters. The van der Waals surface area contributed by atoms with Crippen LogP contribution in [0.15, 0.2) is 41.7 Å². The Balaban J connectivity index is 1.45. The summed E-state index contributed by atoms with van der Waals surface area (Å²) < 4.78 is 29.7. The van der Waals surface area contributed by atoms with Crippen LogP contribution in [0.4, 0.5) is 5.82 Å². The van der Waals surface area contributed by atoms with E-state index >= 15 is 0 Å². The number of anilines is 1. The molecule has 1 aliphatic heterocycles. The van der Waals surface area contributed by atoms with Crippen LogP contribution in [0.2, 0.25) is 0 Å². The highest BCUT2D eigenvalue weighted by atomic mass is 32.2. The lowest BCUT2D eigenvalue weighted by Gasteiger charge is -2.19. The zero-order valence-corrected chi connectivity index (χ0v) is 18.5. The quantitative estimate of drug-likeness (QED) is 0.649. The van der Waals surface area contributed by atoms with Crippen LogP contribution >= 0.6 is 0 Å². The molecule has 8 nitrogen and oxygen atoms in total. The van der Waals surface area contributed by atoms with Crippen LogP contribution in [-0.4, -0.2) is 47.8 Å². The van der Waals surface area contributed by atoms with Gasteiger partial charge in [0.15, 0.2) is 5.65 Å². The van der Waals surface area contributed by atoms with E-state index in [0.717, 1.165) is 48.3 Å². The van der Waals surface area contributed by atoms with Crippen molar-refractivity contribution in [2.45, 2.75) is 50.5 Å². The van der Waals surface area contributed by atoms with Gasteiger partial charge in [-0.3, -0.25) is 0 Å². The number of hydrogen-bond acceptors (Lipinski definition) is 6. The number of sulfonamides is 1. The van der Waals surface area contributed by atoms with E-state index in [1.54, 1.807) is 29.3 Å². The van der Waals surface area contributed by atoms with Gasteiger partial charge >= 0.3 is 0 Å². The molecule has 0 bridgehead atoms. The van der Waals surface area contributed by atoms with Crippen molar-refractivity contribution < 1.29 is 8.42 Å². The molecule has 3 heterocycles. The predicted octanol–water partition coefficient (Wildman–Crippen LogP) is 2.70. The van der Waals surface area contributed by atoms with E-state index in [9.17, 15) is 8.42 Å². The van der Waals surface area contributed by atoms with Crippen molar-refractivity contribution in [1.29, 1.82) is 0 Å². The lowest BCUT2D eigenvalue weighted by atomic mass is 9.87. The van der Waals surface area contributed by atoms with Crippen molar-refractivity contribution in [3.05, 3.63) is 42.4 Å². The number of rotatable bonds is 6. The molecule has 1 fully saturated rings. The first kappa shape index (κ1) is 20.7. The molecular formula is C21H28N6O2S. The van der Waals surface area contributed by atoms with Crippen molar-refractivity contribution in [2.75, 3.05) is 24.5 Å². The van der Waals surface area contributed by atoms with Gasteiger partial charge in [0.1, 0.15) is 12.1 Å². The largest absolute Gasteiger partial charge is 0.356 e. The Kier molecular flexibility index (Phi) is 5.50. The third-order valence-electron chi connectivity index (χ3n) is 5.46. The second-order valence-corrected chi connectivity index (χ2v) is 10.4. The van der Waals surface area contributed by atoms with Gasteiger partial charge < -0.3 is 4.90 Å². The Morgan fingerprint density at radius 3 is 2.43 bits per heavy atom. The molecule has 0 radical (unpaired) electrons. The van der Waals surface area contributed by atoms with Crippen LogP contribution in [0.25, 0.3) is 11.0 Å². The van der Waals surface area contributed by atoms with E-state index in [2.05, 4.69) is 45.5 Å². The van der Waals surface area contributed by atoms with Crippen molar-refractivity contribution in [2.24, 2.45) is 0 Å². The Morgan fingerprint density at radius 1 is 1.07 bits per heavy atom. The fourth-order valence-electron chi connectivity index (χ4n) is 3.73. The average Bonchev–Trinajstić information content (AvgIpc) is 3.37. The number of fused-ring (bicyclic) bond motifs is 1. The molecule has 0 aliphatic carbocycles. The van der Waals surface area contributed by atoms with E-state index < -0.39 is 10.0 Å². The zero-order valence-electron chi connectivity index (χ0n) is 17.7. The first-order chi connectivity index (χ1) is 14.3. The number of hydrogen-bond donors (Lipinski definition) is 1. The third-order valence-corrected chi connectivity index (χ3v) is 6.94. The van der Waals surface area contributed by atoms with Gasteiger partial charge in [-0.15, -0.1) is 0 Å². The van der Waals surface area contributed by atoms with Gasteiger partial charge in [-0.2, -0.15) is 5.10 Å². The van der Waals surface area contributed by atoms with Crippen LogP contribution in [0, 0.1) is 0 Å². The van der Waals surface area contributed by atoms with Gasteiger partial charge in [-0.25, -0.2) is 27.8 Å². The van der Waals surface area contributed by atoms with E-state index in [1.807, 2.05) is 12.1 Å². The monoisotopic (exact) mass is 428 g/mol. The first-order valence-electron chi connectivity index (χ1n) is 10.3. The van der Waals surface area contributed by atoms with Gasteiger partial charge in [0.05, 0.1) is 23.0 Å². The van der Waals surface area contributed by atoms with Crippen molar-refractivity contribution in [1.82, 2.24) is 24.5 Å². The van der Waals surface area contributed by atoms with E-state index in [4.69, 9.17) is 0 Å². The number of nitrogens with zero attached hydrogens (tertiary/aromatic N) is 5. The molecule has 1 aromatic carbocycles. The van der Waals surface area contributed by atoms with Crippen molar-refractivity contribution in [3.8, 4) is 0 Å².